The van der Waals surface area contributed by atoms with Gasteiger partial charge in [0.15, 0.2) is 0 Å². The summed E-state index contributed by atoms with van der Waals surface area (Å²) in [6, 6.07) is 0. The summed E-state index contributed by atoms with van der Waals surface area (Å²) in [5, 5.41) is 9.39. The van der Waals surface area contributed by atoms with Crippen molar-refractivity contribution in [1.82, 2.24) is 0 Å². The van der Waals surface area contributed by atoms with Crippen LogP contribution in [0.25, 0.3) is 0 Å². The lowest BCUT2D eigenvalue weighted by Crippen LogP contribution is -2.16. The summed E-state index contributed by atoms with van der Waals surface area (Å²) in [5.74, 6) is 4.08. The maximum absolute atomic E-state index is 9.39. The average Bonchev–Trinajstić information content (AvgIpc) is 2.49. The molecule has 0 aliphatic heterocycles. The van der Waals surface area contributed by atoms with E-state index in [0.717, 1.165) is 25.2 Å². The first-order chi connectivity index (χ1) is 6.97. The predicted octanol–water partition coefficient (Wildman–Crippen LogP) is 3.20. The molecule has 0 radical (unpaired) electrons. The minimum atomic E-state index is -1.15. The van der Waals surface area contributed by atoms with Gasteiger partial charge in [-0.3, -0.25) is 0 Å². The van der Waals surface area contributed by atoms with Crippen LogP contribution in [0, 0.1) is 17.4 Å². The number of aliphatic hydroxyl groups excluding tert-OH is 1. The molecule has 1 N–H and O–H groups in total. The summed E-state index contributed by atoms with van der Waals surface area (Å²) in [5.41, 5.74) is 3.40. The van der Waals surface area contributed by atoms with E-state index in [1.807, 2.05) is 0 Å². The van der Waals surface area contributed by atoms with Crippen molar-refractivity contribution in [2.45, 2.75) is 64.3 Å². The Labute approximate surface area is 95.3 Å². The van der Waals surface area contributed by atoms with Crippen LogP contribution in [-0.2, 0) is 0 Å². The first-order valence-corrected chi connectivity index (χ1v) is 9.65. The van der Waals surface area contributed by atoms with Crippen molar-refractivity contribution in [3.05, 3.63) is 0 Å². The van der Waals surface area contributed by atoms with Crippen LogP contribution in [0.5, 0.6) is 0 Å². The summed E-state index contributed by atoms with van der Waals surface area (Å²) in [4.78, 5) is 0. The highest BCUT2D eigenvalue weighted by Crippen LogP contribution is 2.29. The van der Waals surface area contributed by atoms with Gasteiger partial charge in [0, 0.05) is 6.42 Å². The van der Waals surface area contributed by atoms with Crippen molar-refractivity contribution < 1.29 is 5.11 Å². The van der Waals surface area contributed by atoms with Gasteiger partial charge in [-0.25, -0.2) is 0 Å². The predicted molar refractivity (Wildman–Crippen MR) is 68.3 cm³/mol. The normalized spacial score (nSPS) is 26.1. The largest absolute Gasteiger partial charge is 0.393 e. The summed E-state index contributed by atoms with van der Waals surface area (Å²) in [6.07, 6.45) is 6.79. The van der Waals surface area contributed by atoms with Crippen molar-refractivity contribution in [3.63, 3.8) is 0 Å². The molecule has 0 unspecified atom stereocenters. The standard InChI is InChI=1S/C13H24OSi/c1-15(2,3)10-6-4-5-7-12-8-9-13(14)11-12/h12-14H,4-5,7-9,11H2,1-3H3/t12-,13-/m1/s1. The molecule has 0 aromatic rings. The van der Waals surface area contributed by atoms with Crippen molar-refractivity contribution in [3.8, 4) is 11.5 Å². The first kappa shape index (κ1) is 12.8. The smallest absolute Gasteiger partial charge is 0.129 e. The van der Waals surface area contributed by atoms with Crippen molar-refractivity contribution in [1.29, 1.82) is 0 Å². The molecule has 0 bridgehead atoms. The molecule has 1 aliphatic rings. The molecule has 1 aliphatic carbocycles. The second-order valence-electron chi connectivity index (χ2n) is 5.78. The van der Waals surface area contributed by atoms with E-state index in [4.69, 9.17) is 0 Å². The Bertz CT molecular complexity index is 243. The zero-order chi connectivity index (χ0) is 11.3. The van der Waals surface area contributed by atoms with Gasteiger partial charge in [0.25, 0.3) is 0 Å². The molecule has 1 saturated carbocycles. The number of hydrogen-bond donors (Lipinski definition) is 1. The zero-order valence-corrected chi connectivity index (χ0v) is 11.3. The molecular formula is C13H24OSi. The molecule has 0 aromatic carbocycles. The Morgan fingerprint density at radius 3 is 2.53 bits per heavy atom. The molecule has 0 saturated heterocycles. The molecule has 1 nitrogen and oxygen atoms in total. The lowest BCUT2D eigenvalue weighted by molar-refractivity contribution is 0.176. The molecule has 2 atom stereocenters. The summed E-state index contributed by atoms with van der Waals surface area (Å²) in [6.45, 7) is 6.86. The number of rotatable bonds is 3. The minimum Gasteiger partial charge on any atom is -0.393 e. The fourth-order valence-corrected chi connectivity index (χ4v) is 2.77. The van der Waals surface area contributed by atoms with Crippen molar-refractivity contribution in [2.75, 3.05) is 0 Å². The fraction of sp³-hybridized carbons (Fsp3) is 0.846. The monoisotopic (exact) mass is 224 g/mol. The average molecular weight is 224 g/mol. The third-order valence-corrected chi connectivity index (χ3v) is 3.82. The Kier molecular flexibility index (Phi) is 4.88. The number of unbranched alkanes of at least 4 members (excludes halogenated alkanes) is 1. The molecule has 0 heterocycles. The van der Waals surface area contributed by atoms with Crippen molar-refractivity contribution >= 4 is 8.07 Å². The second kappa shape index (κ2) is 5.72. The van der Waals surface area contributed by atoms with Gasteiger partial charge in [0.1, 0.15) is 8.07 Å². The molecule has 86 valence electrons. The highest BCUT2D eigenvalue weighted by atomic mass is 28.3. The van der Waals surface area contributed by atoms with Crippen LogP contribution in [-0.4, -0.2) is 19.3 Å². The molecule has 1 rings (SSSR count). The molecule has 0 spiro atoms. The lowest BCUT2D eigenvalue weighted by atomic mass is 10.0. The second-order valence-corrected chi connectivity index (χ2v) is 10.5. The van der Waals surface area contributed by atoms with Gasteiger partial charge in [0.05, 0.1) is 6.10 Å². The van der Waals surface area contributed by atoms with Gasteiger partial charge >= 0.3 is 0 Å². The SMILES string of the molecule is C[Si](C)(C)C#CCCC[C@@H]1CC[C@@H](O)C1. The van der Waals surface area contributed by atoms with Gasteiger partial charge in [-0.2, -0.15) is 0 Å². The number of aliphatic hydroxyl groups is 1. The Hall–Kier alpha value is -0.263. The van der Waals surface area contributed by atoms with Crippen LogP contribution in [0.1, 0.15) is 38.5 Å². The van der Waals surface area contributed by atoms with Gasteiger partial charge in [-0.1, -0.05) is 19.6 Å². The maximum Gasteiger partial charge on any atom is 0.129 e. The van der Waals surface area contributed by atoms with Crippen LogP contribution in [0.3, 0.4) is 0 Å². The van der Waals surface area contributed by atoms with E-state index in [1.54, 1.807) is 0 Å². The molecular weight excluding hydrogens is 200 g/mol. The van der Waals surface area contributed by atoms with E-state index in [9.17, 15) is 5.11 Å². The van der Waals surface area contributed by atoms with E-state index in [0.29, 0.717) is 0 Å². The Balaban J connectivity index is 2.09. The lowest BCUT2D eigenvalue weighted by Gasteiger charge is -2.07. The molecule has 0 amide bonds. The third kappa shape index (κ3) is 6.02. The molecule has 1 fully saturated rings. The van der Waals surface area contributed by atoms with Gasteiger partial charge in [0.2, 0.25) is 0 Å². The van der Waals surface area contributed by atoms with E-state index in [-0.39, 0.29) is 6.10 Å². The first-order valence-electron chi connectivity index (χ1n) is 6.15. The highest BCUT2D eigenvalue weighted by molar-refractivity contribution is 6.83. The summed E-state index contributed by atoms with van der Waals surface area (Å²) < 4.78 is 0. The van der Waals surface area contributed by atoms with E-state index in [2.05, 4.69) is 31.1 Å². The van der Waals surface area contributed by atoms with Crippen LogP contribution in [0.4, 0.5) is 0 Å². The van der Waals surface area contributed by atoms with E-state index in [1.165, 1.54) is 19.3 Å². The fourth-order valence-electron chi connectivity index (χ4n) is 2.12. The zero-order valence-electron chi connectivity index (χ0n) is 10.3. The Morgan fingerprint density at radius 1 is 1.27 bits per heavy atom. The van der Waals surface area contributed by atoms with E-state index < -0.39 is 8.07 Å². The maximum atomic E-state index is 9.39. The Morgan fingerprint density at radius 2 is 2.00 bits per heavy atom. The van der Waals surface area contributed by atoms with Gasteiger partial charge < -0.3 is 5.11 Å². The quantitative estimate of drug-likeness (QED) is 0.443. The van der Waals surface area contributed by atoms with E-state index >= 15 is 0 Å². The third-order valence-electron chi connectivity index (χ3n) is 2.89. The summed E-state index contributed by atoms with van der Waals surface area (Å²) >= 11 is 0. The van der Waals surface area contributed by atoms with Gasteiger partial charge in [-0.05, 0) is 38.0 Å². The molecule has 15 heavy (non-hydrogen) atoms. The topological polar surface area (TPSA) is 20.2 Å². The van der Waals surface area contributed by atoms with Crippen LogP contribution < -0.4 is 0 Å². The van der Waals surface area contributed by atoms with Crippen LogP contribution in [0.15, 0.2) is 0 Å². The van der Waals surface area contributed by atoms with Crippen LogP contribution >= 0.6 is 0 Å². The van der Waals surface area contributed by atoms with Crippen LogP contribution in [0.2, 0.25) is 19.6 Å². The van der Waals surface area contributed by atoms with Crippen molar-refractivity contribution in [2.24, 2.45) is 5.92 Å². The highest BCUT2D eigenvalue weighted by Gasteiger charge is 2.21. The summed E-state index contributed by atoms with van der Waals surface area (Å²) in [7, 11) is -1.15. The van der Waals surface area contributed by atoms with Gasteiger partial charge in [-0.15, -0.1) is 11.5 Å². The molecule has 0 aromatic heterocycles. The number of hydrogen-bond acceptors (Lipinski definition) is 1. The molecule has 2 heteroatoms. The minimum absolute atomic E-state index is 0.0110.